The van der Waals surface area contributed by atoms with Crippen LogP contribution in [0.15, 0.2) is 18.2 Å². The highest BCUT2D eigenvalue weighted by Crippen LogP contribution is 2.32. The smallest absolute Gasteiger partial charge is 0.225 e. The van der Waals surface area contributed by atoms with Crippen molar-refractivity contribution in [1.82, 2.24) is 10.2 Å². The van der Waals surface area contributed by atoms with Gasteiger partial charge in [-0.2, -0.15) is 0 Å². The number of ether oxygens (including phenoxy) is 1. The van der Waals surface area contributed by atoms with Gasteiger partial charge in [0.05, 0.1) is 18.6 Å². The van der Waals surface area contributed by atoms with Gasteiger partial charge in [0.1, 0.15) is 5.75 Å². The van der Waals surface area contributed by atoms with E-state index in [0.29, 0.717) is 10.8 Å². The zero-order valence-corrected chi connectivity index (χ0v) is 14.5. The normalized spacial score (nSPS) is 19.8. The number of carbonyl (C=O) groups excluding carboxylic acids is 1. The SMILES string of the molecule is COc1cc(Cl)ccc1C(C)(C)NC(=O)C1CCCN(C)C1. The lowest BCUT2D eigenvalue weighted by Gasteiger charge is -2.33. The molecule has 1 aromatic rings. The van der Waals surface area contributed by atoms with E-state index < -0.39 is 5.54 Å². The van der Waals surface area contributed by atoms with Crippen LogP contribution in [0.2, 0.25) is 5.02 Å². The molecule has 0 bridgehead atoms. The maximum Gasteiger partial charge on any atom is 0.225 e. The predicted octanol–water partition coefficient (Wildman–Crippen LogP) is 3.04. The van der Waals surface area contributed by atoms with Gasteiger partial charge in [-0.1, -0.05) is 17.7 Å². The molecule has 2 rings (SSSR count). The Labute approximate surface area is 137 Å². The summed E-state index contributed by atoms with van der Waals surface area (Å²) in [5.41, 5.74) is 0.417. The van der Waals surface area contributed by atoms with Crippen LogP contribution >= 0.6 is 11.6 Å². The Bertz CT molecular complexity index is 545. The summed E-state index contributed by atoms with van der Waals surface area (Å²) in [5.74, 6) is 0.850. The van der Waals surface area contributed by atoms with E-state index in [0.717, 1.165) is 31.5 Å². The van der Waals surface area contributed by atoms with Gasteiger partial charge in [-0.15, -0.1) is 0 Å². The maximum absolute atomic E-state index is 12.6. The van der Waals surface area contributed by atoms with Gasteiger partial charge in [-0.25, -0.2) is 0 Å². The van der Waals surface area contributed by atoms with Crippen molar-refractivity contribution in [2.24, 2.45) is 5.92 Å². The second-order valence-corrected chi connectivity index (χ2v) is 7.00. The quantitative estimate of drug-likeness (QED) is 0.925. The van der Waals surface area contributed by atoms with Crippen LogP contribution in [0.3, 0.4) is 0 Å². The zero-order valence-electron chi connectivity index (χ0n) is 13.8. The molecule has 1 N–H and O–H groups in total. The number of likely N-dealkylation sites (tertiary alicyclic amines) is 1. The molecule has 1 aromatic carbocycles. The standard InChI is InChI=1S/C17H25ClN2O2/c1-17(2,14-8-7-13(18)10-15(14)22-4)19-16(21)12-6-5-9-20(3)11-12/h7-8,10,12H,5-6,9,11H2,1-4H3,(H,19,21). The second kappa shape index (κ2) is 6.88. The van der Waals surface area contributed by atoms with E-state index in [-0.39, 0.29) is 11.8 Å². The van der Waals surface area contributed by atoms with Gasteiger partial charge in [0.15, 0.2) is 0 Å². The number of hydrogen-bond acceptors (Lipinski definition) is 3. The Morgan fingerprint density at radius 2 is 2.18 bits per heavy atom. The molecule has 0 radical (unpaired) electrons. The Kier molecular flexibility index (Phi) is 5.35. The van der Waals surface area contributed by atoms with Crippen LogP contribution in [-0.2, 0) is 10.3 Å². The number of benzene rings is 1. The second-order valence-electron chi connectivity index (χ2n) is 6.56. The lowest BCUT2D eigenvalue weighted by Crippen LogP contribution is -2.48. The minimum absolute atomic E-state index is 0.0521. The van der Waals surface area contributed by atoms with Crippen LogP contribution in [0.1, 0.15) is 32.3 Å². The molecule has 0 saturated carbocycles. The fraction of sp³-hybridized carbons (Fsp3) is 0.588. The van der Waals surface area contributed by atoms with Gasteiger partial charge >= 0.3 is 0 Å². The van der Waals surface area contributed by atoms with E-state index in [1.54, 1.807) is 13.2 Å². The number of amides is 1. The largest absolute Gasteiger partial charge is 0.496 e. The fourth-order valence-electron chi connectivity index (χ4n) is 3.04. The van der Waals surface area contributed by atoms with Crippen molar-refractivity contribution in [3.05, 3.63) is 28.8 Å². The van der Waals surface area contributed by atoms with E-state index in [1.165, 1.54) is 0 Å². The van der Waals surface area contributed by atoms with Crippen molar-refractivity contribution in [3.8, 4) is 5.75 Å². The minimum atomic E-state index is -0.511. The van der Waals surface area contributed by atoms with E-state index >= 15 is 0 Å². The molecule has 5 heteroatoms. The van der Waals surface area contributed by atoms with E-state index in [9.17, 15) is 4.79 Å². The van der Waals surface area contributed by atoms with Gasteiger partial charge in [0.25, 0.3) is 0 Å². The molecular weight excluding hydrogens is 300 g/mol. The summed E-state index contributed by atoms with van der Waals surface area (Å²) in [4.78, 5) is 14.8. The first-order valence-corrected chi connectivity index (χ1v) is 8.06. The number of nitrogens with zero attached hydrogens (tertiary/aromatic N) is 1. The molecule has 122 valence electrons. The third-order valence-electron chi connectivity index (χ3n) is 4.27. The van der Waals surface area contributed by atoms with E-state index in [1.807, 2.05) is 26.0 Å². The van der Waals surface area contributed by atoms with Crippen LogP contribution < -0.4 is 10.1 Å². The van der Waals surface area contributed by atoms with Crippen molar-refractivity contribution in [1.29, 1.82) is 0 Å². The first-order valence-electron chi connectivity index (χ1n) is 7.68. The molecule has 1 fully saturated rings. The Balaban J connectivity index is 2.14. The molecule has 4 nitrogen and oxygen atoms in total. The third kappa shape index (κ3) is 3.93. The van der Waals surface area contributed by atoms with Gasteiger partial charge in [0.2, 0.25) is 5.91 Å². The minimum Gasteiger partial charge on any atom is -0.496 e. The van der Waals surface area contributed by atoms with Crippen LogP contribution in [0.5, 0.6) is 5.75 Å². The summed E-state index contributed by atoms with van der Waals surface area (Å²) in [6, 6.07) is 5.51. The Morgan fingerprint density at radius 1 is 1.45 bits per heavy atom. The van der Waals surface area contributed by atoms with Crippen molar-refractivity contribution >= 4 is 17.5 Å². The van der Waals surface area contributed by atoms with Crippen molar-refractivity contribution in [2.45, 2.75) is 32.2 Å². The van der Waals surface area contributed by atoms with Crippen LogP contribution in [0.25, 0.3) is 0 Å². The number of halogens is 1. The lowest BCUT2D eigenvalue weighted by molar-refractivity contribution is -0.128. The number of piperidine rings is 1. The number of rotatable bonds is 4. The Morgan fingerprint density at radius 3 is 2.82 bits per heavy atom. The lowest BCUT2D eigenvalue weighted by atomic mass is 9.90. The summed E-state index contributed by atoms with van der Waals surface area (Å²) in [6.07, 6.45) is 2.02. The molecule has 22 heavy (non-hydrogen) atoms. The van der Waals surface area contributed by atoms with Crippen LogP contribution in [-0.4, -0.2) is 38.1 Å². The summed E-state index contributed by atoms with van der Waals surface area (Å²) in [5, 5.41) is 3.79. The highest BCUT2D eigenvalue weighted by molar-refractivity contribution is 6.30. The topological polar surface area (TPSA) is 41.6 Å². The van der Waals surface area contributed by atoms with Crippen molar-refractivity contribution in [2.75, 3.05) is 27.2 Å². The average molecular weight is 325 g/mol. The molecule has 1 atom stereocenters. The molecule has 1 amide bonds. The highest BCUT2D eigenvalue weighted by atomic mass is 35.5. The van der Waals surface area contributed by atoms with E-state index in [4.69, 9.17) is 16.3 Å². The molecule has 1 aliphatic rings. The van der Waals surface area contributed by atoms with Crippen LogP contribution in [0, 0.1) is 5.92 Å². The molecule has 1 saturated heterocycles. The first kappa shape index (κ1) is 17.1. The number of hydrogen-bond donors (Lipinski definition) is 1. The molecule has 1 aliphatic heterocycles. The monoisotopic (exact) mass is 324 g/mol. The van der Waals surface area contributed by atoms with Gasteiger partial charge in [-0.05, 0) is 52.4 Å². The summed E-state index contributed by atoms with van der Waals surface area (Å²) in [7, 11) is 3.68. The number of methoxy groups -OCH3 is 1. The molecule has 0 aliphatic carbocycles. The van der Waals surface area contributed by atoms with Gasteiger partial charge in [-0.3, -0.25) is 4.79 Å². The summed E-state index contributed by atoms with van der Waals surface area (Å²) in [6.45, 7) is 5.87. The highest BCUT2D eigenvalue weighted by Gasteiger charge is 2.31. The van der Waals surface area contributed by atoms with Crippen molar-refractivity contribution < 1.29 is 9.53 Å². The third-order valence-corrected chi connectivity index (χ3v) is 4.50. The molecule has 1 heterocycles. The summed E-state index contributed by atoms with van der Waals surface area (Å²) < 4.78 is 5.41. The average Bonchev–Trinajstić information content (AvgIpc) is 2.46. The van der Waals surface area contributed by atoms with Gasteiger partial charge in [0, 0.05) is 17.1 Å². The van der Waals surface area contributed by atoms with Gasteiger partial charge < -0.3 is 15.0 Å². The predicted molar refractivity (Wildman–Crippen MR) is 89.4 cm³/mol. The van der Waals surface area contributed by atoms with E-state index in [2.05, 4.69) is 17.3 Å². The molecule has 1 unspecified atom stereocenters. The molecule has 0 aromatic heterocycles. The first-order chi connectivity index (χ1) is 10.3. The Hall–Kier alpha value is -1.26. The number of carbonyl (C=O) groups is 1. The number of nitrogens with one attached hydrogen (secondary N) is 1. The zero-order chi connectivity index (χ0) is 16.3. The van der Waals surface area contributed by atoms with Crippen LogP contribution in [0.4, 0.5) is 0 Å². The van der Waals surface area contributed by atoms with Crippen molar-refractivity contribution in [3.63, 3.8) is 0 Å². The molecular formula is C17H25ClN2O2. The fourth-order valence-corrected chi connectivity index (χ4v) is 3.20. The molecule has 0 spiro atoms. The summed E-state index contributed by atoms with van der Waals surface area (Å²) >= 11 is 6.02. The maximum atomic E-state index is 12.6.